The van der Waals surface area contributed by atoms with Crippen LogP contribution in [0.25, 0.3) is 0 Å². The van der Waals surface area contributed by atoms with Crippen molar-refractivity contribution in [2.24, 2.45) is 0 Å². The molecule has 46 heavy (non-hydrogen) atoms. The predicted molar refractivity (Wildman–Crippen MR) is 180 cm³/mol. The molecule has 1 fully saturated rings. The Morgan fingerprint density at radius 1 is 0.848 bits per heavy atom. The molecule has 0 radical (unpaired) electrons. The minimum atomic E-state index is -4.18. The molecule has 5 rings (SSSR count). The highest BCUT2D eigenvalue weighted by atomic mass is 32.2. The van der Waals surface area contributed by atoms with E-state index in [2.05, 4.69) is 5.32 Å². The van der Waals surface area contributed by atoms with Gasteiger partial charge in [0.25, 0.3) is 10.0 Å². The molecule has 2 amide bonds. The molecule has 1 aliphatic rings. The van der Waals surface area contributed by atoms with Gasteiger partial charge in [0.15, 0.2) is 0 Å². The Hall–Kier alpha value is -4.63. The monoisotopic (exact) mass is 639 g/mol. The van der Waals surface area contributed by atoms with Gasteiger partial charge in [0, 0.05) is 19.0 Å². The smallest absolute Gasteiger partial charge is 0.264 e. The van der Waals surface area contributed by atoms with Gasteiger partial charge in [0.1, 0.15) is 18.3 Å². The zero-order chi connectivity index (χ0) is 32.5. The lowest BCUT2D eigenvalue weighted by molar-refractivity contribution is -0.140. The highest BCUT2D eigenvalue weighted by Gasteiger charge is 2.35. The van der Waals surface area contributed by atoms with E-state index in [1.165, 1.54) is 19.2 Å². The van der Waals surface area contributed by atoms with Crippen LogP contribution in [0.1, 0.15) is 42.4 Å². The van der Waals surface area contributed by atoms with Gasteiger partial charge < -0.3 is 15.0 Å². The van der Waals surface area contributed by atoms with Crippen LogP contribution in [0.3, 0.4) is 0 Å². The number of carbonyl (C=O) groups is 2. The van der Waals surface area contributed by atoms with E-state index < -0.39 is 28.5 Å². The summed E-state index contributed by atoms with van der Waals surface area (Å²) in [4.78, 5) is 30.3. The van der Waals surface area contributed by atoms with Crippen LogP contribution in [0.2, 0.25) is 0 Å². The standard InChI is InChI=1S/C37H41N3O5S/c1-28-12-11-15-30(24-28)26-39(35(25-29-13-5-3-6-14-29)37(42)38-31-16-9-10-17-31)36(41)27-40(32-18-7-4-8-19-32)46(43,44)34-22-20-33(45-2)21-23-34/h3-8,11-15,18-24,31,35H,9-10,16-17,25-27H2,1-2H3,(H,38,42). The first-order valence-electron chi connectivity index (χ1n) is 15.7. The molecule has 240 valence electrons. The molecule has 1 saturated carbocycles. The summed E-state index contributed by atoms with van der Waals surface area (Å²) >= 11 is 0. The number of nitrogens with zero attached hydrogens (tertiary/aromatic N) is 2. The number of methoxy groups -OCH3 is 1. The van der Waals surface area contributed by atoms with Gasteiger partial charge in [0.2, 0.25) is 11.8 Å². The summed E-state index contributed by atoms with van der Waals surface area (Å²) in [6.45, 7) is 1.62. The van der Waals surface area contributed by atoms with E-state index in [4.69, 9.17) is 4.74 Å². The molecular weight excluding hydrogens is 598 g/mol. The highest BCUT2D eigenvalue weighted by Crippen LogP contribution is 2.27. The van der Waals surface area contributed by atoms with Gasteiger partial charge in [-0.15, -0.1) is 0 Å². The lowest BCUT2D eigenvalue weighted by atomic mass is 10.0. The molecule has 1 aliphatic carbocycles. The van der Waals surface area contributed by atoms with Gasteiger partial charge in [0.05, 0.1) is 17.7 Å². The molecule has 8 nitrogen and oxygen atoms in total. The quantitative estimate of drug-likeness (QED) is 0.197. The van der Waals surface area contributed by atoms with Gasteiger partial charge >= 0.3 is 0 Å². The van der Waals surface area contributed by atoms with Crippen molar-refractivity contribution in [3.8, 4) is 5.75 Å². The molecule has 1 N–H and O–H groups in total. The fourth-order valence-electron chi connectivity index (χ4n) is 5.93. The first-order valence-corrected chi connectivity index (χ1v) is 17.1. The van der Waals surface area contributed by atoms with Gasteiger partial charge in [-0.1, -0.05) is 91.2 Å². The fraction of sp³-hybridized carbons (Fsp3) is 0.297. The SMILES string of the molecule is COc1ccc(S(=O)(=O)N(CC(=O)N(Cc2cccc(C)c2)C(Cc2ccccc2)C(=O)NC2CCCC2)c2ccccc2)cc1. The molecular formula is C37H41N3O5S. The van der Waals surface area contributed by atoms with Crippen molar-refractivity contribution in [1.29, 1.82) is 0 Å². The second kappa shape index (κ2) is 15.1. The molecule has 0 spiro atoms. The molecule has 4 aromatic rings. The van der Waals surface area contributed by atoms with Crippen LogP contribution in [0, 0.1) is 6.92 Å². The average Bonchev–Trinajstić information content (AvgIpc) is 3.59. The molecule has 0 bridgehead atoms. The lowest BCUT2D eigenvalue weighted by Crippen LogP contribution is -2.54. The lowest BCUT2D eigenvalue weighted by Gasteiger charge is -2.34. The van der Waals surface area contributed by atoms with Gasteiger partial charge in [-0.2, -0.15) is 0 Å². The third kappa shape index (κ3) is 8.14. The van der Waals surface area contributed by atoms with Crippen LogP contribution < -0.4 is 14.4 Å². The number of benzene rings is 4. The van der Waals surface area contributed by atoms with E-state index in [1.807, 2.05) is 61.5 Å². The maximum atomic E-state index is 14.6. The van der Waals surface area contributed by atoms with E-state index >= 15 is 0 Å². The predicted octanol–water partition coefficient (Wildman–Crippen LogP) is 5.90. The zero-order valence-corrected chi connectivity index (χ0v) is 27.2. The van der Waals surface area contributed by atoms with Crippen molar-refractivity contribution in [3.63, 3.8) is 0 Å². The second-order valence-electron chi connectivity index (χ2n) is 11.7. The number of ether oxygens (including phenoxy) is 1. The molecule has 9 heteroatoms. The Bertz CT molecular complexity index is 1710. The first kappa shape index (κ1) is 32.8. The minimum absolute atomic E-state index is 0.0231. The molecule has 0 aromatic heterocycles. The molecule has 0 aliphatic heterocycles. The number of carbonyl (C=O) groups excluding carboxylic acids is 2. The van der Waals surface area contributed by atoms with Gasteiger partial charge in [-0.05, 0) is 67.3 Å². The third-order valence-electron chi connectivity index (χ3n) is 8.38. The maximum Gasteiger partial charge on any atom is 0.264 e. The Balaban J connectivity index is 1.55. The summed E-state index contributed by atoms with van der Waals surface area (Å²) < 4.78 is 34.7. The average molecular weight is 640 g/mol. The Labute approximate surface area is 272 Å². The Kier molecular flexibility index (Phi) is 10.8. The van der Waals surface area contributed by atoms with Crippen molar-refractivity contribution in [3.05, 3.63) is 126 Å². The number of nitrogens with one attached hydrogen (secondary N) is 1. The largest absolute Gasteiger partial charge is 0.497 e. The van der Waals surface area contributed by atoms with Crippen LogP contribution in [-0.2, 0) is 32.6 Å². The number of anilines is 1. The zero-order valence-electron chi connectivity index (χ0n) is 26.3. The topological polar surface area (TPSA) is 96.0 Å². The van der Waals surface area contributed by atoms with E-state index in [0.717, 1.165) is 46.7 Å². The van der Waals surface area contributed by atoms with E-state index in [-0.39, 0.29) is 29.8 Å². The second-order valence-corrected chi connectivity index (χ2v) is 13.6. The molecule has 1 unspecified atom stereocenters. The summed E-state index contributed by atoms with van der Waals surface area (Å²) in [6, 6.07) is 31.2. The van der Waals surface area contributed by atoms with Crippen LogP contribution in [0.15, 0.2) is 114 Å². The van der Waals surface area contributed by atoms with E-state index in [9.17, 15) is 18.0 Å². The van der Waals surface area contributed by atoms with Crippen LogP contribution in [-0.4, -0.2) is 50.9 Å². The maximum absolute atomic E-state index is 14.6. The summed E-state index contributed by atoms with van der Waals surface area (Å²) in [5, 5.41) is 3.21. The van der Waals surface area contributed by atoms with Crippen LogP contribution in [0.5, 0.6) is 5.75 Å². The molecule has 1 atom stereocenters. The molecule has 0 heterocycles. The number of hydrogen-bond donors (Lipinski definition) is 1. The number of hydrogen-bond acceptors (Lipinski definition) is 5. The van der Waals surface area contributed by atoms with Crippen molar-refractivity contribution < 1.29 is 22.7 Å². The fourth-order valence-corrected chi connectivity index (χ4v) is 7.34. The number of para-hydroxylation sites is 1. The molecule has 4 aromatic carbocycles. The van der Waals surface area contributed by atoms with Crippen molar-refractivity contribution in [2.75, 3.05) is 18.0 Å². The third-order valence-corrected chi connectivity index (χ3v) is 10.2. The van der Waals surface area contributed by atoms with Crippen molar-refractivity contribution >= 4 is 27.5 Å². The summed E-state index contributed by atoms with van der Waals surface area (Å²) in [6.07, 6.45) is 4.19. The van der Waals surface area contributed by atoms with Crippen molar-refractivity contribution in [1.82, 2.24) is 10.2 Å². The first-order chi connectivity index (χ1) is 22.2. The minimum Gasteiger partial charge on any atom is -0.497 e. The van der Waals surface area contributed by atoms with Crippen molar-refractivity contribution in [2.45, 2.75) is 62.6 Å². The number of aryl methyl sites for hydroxylation is 1. The summed E-state index contributed by atoms with van der Waals surface area (Å²) in [5.74, 6) is -0.200. The Morgan fingerprint density at radius 2 is 1.48 bits per heavy atom. The summed E-state index contributed by atoms with van der Waals surface area (Å²) in [7, 11) is -2.67. The normalized spacial score (nSPS) is 14.0. The highest BCUT2D eigenvalue weighted by molar-refractivity contribution is 7.92. The van der Waals surface area contributed by atoms with E-state index in [1.54, 1.807) is 47.4 Å². The number of amides is 2. The summed E-state index contributed by atoms with van der Waals surface area (Å²) in [5.41, 5.74) is 3.12. The number of rotatable bonds is 13. The van der Waals surface area contributed by atoms with Crippen LogP contribution >= 0.6 is 0 Å². The molecule has 0 saturated heterocycles. The number of sulfonamides is 1. The van der Waals surface area contributed by atoms with E-state index in [0.29, 0.717) is 11.4 Å². The van der Waals surface area contributed by atoms with Crippen LogP contribution in [0.4, 0.5) is 5.69 Å². The van der Waals surface area contributed by atoms with Gasteiger partial charge in [-0.25, -0.2) is 8.42 Å². The van der Waals surface area contributed by atoms with Gasteiger partial charge in [-0.3, -0.25) is 13.9 Å². The Morgan fingerprint density at radius 3 is 2.11 bits per heavy atom.